The molecule has 0 radical (unpaired) electrons. The number of nitrogens with one attached hydrogen (secondary N) is 3. The highest BCUT2D eigenvalue weighted by molar-refractivity contribution is 7.18. The first kappa shape index (κ1) is 25.6. The summed E-state index contributed by atoms with van der Waals surface area (Å²) in [6, 6.07) is 5.94. The lowest BCUT2D eigenvalue weighted by Gasteiger charge is -2.27. The van der Waals surface area contributed by atoms with Gasteiger partial charge in [0.05, 0.1) is 21.5 Å². The fraction of sp³-hybridized carbons (Fsp3) is 0.364. The van der Waals surface area contributed by atoms with Crippen LogP contribution in [0.3, 0.4) is 0 Å². The average molecular weight is 511 g/mol. The first-order valence-corrected chi connectivity index (χ1v) is 11.7. The van der Waals surface area contributed by atoms with E-state index in [1.165, 1.54) is 17.0 Å². The Morgan fingerprint density at radius 3 is 2.59 bits per heavy atom. The number of hydrogen-bond acceptors (Lipinski definition) is 6. The van der Waals surface area contributed by atoms with Crippen LogP contribution in [0.2, 0.25) is 4.34 Å². The predicted octanol–water partition coefficient (Wildman–Crippen LogP) is 2.41. The number of carbonyl (C=O) groups excluding carboxylic acids is 4. The molecule has 1 aliphatic rings. The van der Waals surface area contributed by atoms with Crippen molar-refractivity contribution in [3.8, 4) is 0 Å². The summed E-state index contributed by atoms with van der Waals surface area (Å²) in [6.07, 6.45) is 0. The van der Waals surface area contributed by atoms with Crippen molar-refractivity contribution < 1.29 is 28.3 Å². The van der Waals surface area contributed by atoms with E-state index in [2.05, 4.69) is 16.0 Å². The van der Waals surface area contributed by atoms with E-state index < -0.39 is 35.5 Å². The molecule has 1 aromatic carbocycles. The maximum atomic E-state index is 14.7. The van der Waals surface area contributed by atoms with Crippen molar-refractivity contribution in [1.82, 2.24) is 10.6 Å². The van der Waals surface area contributed by atoms with E-state index in [9.17, 15) is 23.6 Å². The van der Waals surface area contributed by atoms with E-state index in [4.69, 9.17) is 16.3 Å². The van der Waals surface area contributed by atoms with Gasteiger partial charge in [-0.25, -0.2) is 4.39 Å². The van der Waals surface area contributed by atoms with Crippen LogP contribution in [0.5, 0.6) is 0 Å². The van der Waals surface area contributed by atoms with E-state index in [1.54, 1.807) is 26.0 Å². The molecule has 9 nitrogen and oxygen atoms in total. The van der Waals surface area contributed by atoms with Crippen LogP contribution in [0.25, 0.3) is 0 Å². The molecule has 0 spiro atoms. The van der Waals surface area contributed by atoms with Crippen LogP contribution in [-0.4, -0.2) is 56.0 Å². The number of morpholine rings is 1. The Hall–Kier alpha value is -3.02. The third-order valence-electron chi connectivity index (χ3n) is 4.93. The molecule has 2 heterocycles. The third-order valence-corrected chi connectivity index (χ3v) is 6.16. The molecular formula is C22H24ClFN4O5S. The van der Waals surface area contributed by atoms with Gasteiger partial charge in [-0.05, 0) is 30.3 Å². The fourth-order valence-electron chi connectivity index (χ4n) is 3.05. The summed E-state index contributed by atoms with van der Waals surface area (Å²) in [6.45, 7) is 3.64. The van der Waals surface area contributed by atoms with Crippen LogP contribution >= 0.6 is 22.9 Å². The SMILES string of the molecule is CC(C)C(=O)N[C@@H](CNC(=O)c1ccc(Cl)s1)C(=O)Nc1ccc(N2CCOCC2=O)cc1F. The molecule has 1 fully saturated rings. The summed E-state index contributed by atoms with van der Waals surface area (Å²) in [4.78, 5) is 51.1. The second-order valence-electron chi connectivity index (χ2n) is 7.78. The first-order chi connectivity index (χ1) is 16.2. The monoisotopic (exact) mass is 510 g/mol. The Morgan fingerprint density at radius 1 is 1.21 bits per heavy atom. The summed E-state index contributed by atoms with van der Waals surface area (Å²) < 4.78 is 20.2. The minimum atomic E-state index is -1.16. The van der Waals surface area contributed by atoms with Gasteiger partial charge in [0.2, 0.25) is 11.8 Å². The molecule has 0 unspecified atom stereocenters. The molecule has 3 N–H and O–H groups in total. The fourth-order valence-corrected chi connectivity index (χ4v) is 4.01. The number of hydrogen-bond donors (Lipinski definition) is 3. The summed E-state index contributed by atoms with van der Waals surface area (Å²) in [5.41, 5.74) is 0.213. The highest BCUT2D eigenvalue weighted by Crippen LogP contribution is 2.24. The highest BCUT2D eigenvalue weighted by atomic mass is 35.5. The van der Waals surface area contributed by atoms with Crippen molar-refractivity contribution in [3.05, 3.63) is 45.4 Å². The lowest BCUT2D eigenvalue weighted by Crippen LogP contribution is -2.51. The molecule has 0 saturated carbocycles. The van der Waals surface area contributed by atoms with Gasteiger partial charge in [0.15, 0.2) is 0 Å². The van der Waals surface area contributed by atoms with Crippen molar-refractivity contribution in [2.45, 2.75) is 19.9 Å². The van der Waals surface area contributed by atoms with Crippen molar-refractivity contribution in [2.24, 2.45) is 5.92 Å². The molecule has 0 aliphatic carbocycles. The minimum Gasteiger partial charge on any atom is -0.370 e. The van der Waals surface area contributed by atoms with E-state index >= 15 is 0 Å². The number of halogens is 2. The molecule has 34 heavy (non-hydrogen) atoms. The number of thiophene rings is 1. The number of benzene rings is 1. The van der Waals surface area contributed by atoms with Crippen LogP contribution in [0.15, 0.2) is 30.3 Å². The summed E-state index contributed by atoms with van der Waals surface area (Å²) in [7, 11) is 0. The normalized spacial score (nSPS) is 14.6. The molecule has 12 heteroatoms. The largest absolute Gasteiger partial charge is 0.370 e. The number of amides is 4. The molecule has 3 rings (SSSR count). The molecule has 1 aliphatic heterocycles. The zero-order valence-corrected chi connectivity index (χ0v) is 20.1. The van der Waals surface area contributed by atoms with E-state index in [0.717, 1.165) is 17.4 Å². The molecule has 2 aromatic rings. The molecule has 0 bridgehead atoms. The number of carbonyl (C=O) groups is 4. The van der Waals surface area contributed by atoms with Gasteiger partial charge in [-0.1, -0.05) is 25.4 Å². The second-order valence-corrected chi connectivity index (χ2v) is 9.50. The van der Waals surface area contributed by atoms with Gasteiger partial charge in [0.25, 0.3) is 11.8 Å². The Morgan fingerprint density at radius 2 is 1.97 bits per heavy atom. The third kappa shape index (κ3) is 6.52. The molecule has 182 valence electrons. The summed E-state index contributed by atoms with van der Waals surface area (Å²) in [5, 5.41) is 7.58. The van der Waals surface area contributed by atoms with E-state index in [-0.39, 0.29) is 24.7 Å². The van der Waals surface area contributed by atoms with Gasteiger partial charge in [-0.15, -0.1) is 11.3 Å². The Balaban J connectivity index is 1.70. The van der Waals surface area contributed by atoms with Crippen molar-refractivity contribution >= 4 is 57.9 Å². The van der Waals surface area contributed by atoms with Gasteiger partial charge in [0.1, 0.15) is 18.5 Å². The van der Waals surface area contributed by atoms with Crippen LogP contribution in [-0.2, 0) is 19.1 Å². The van der Waals surface area contributed by atoms with Crippen molar-refractivity contribution in [1.29, 1.82) is 0 Å². The van der Waals surface area contributed by atoms with Crippen LogP contribution < -0.4 is 20.9 Å². The number of nitrogens with zero attached hydrogens (tertiary/aromatic N) is 1. The zero-order chi connectivity index (χ0) is 24.8. The summed E-state index contributed by atoms with van der Waals surface area (Å²) in [5.74, 6) is -3.04. The predicted molar refractivity (Wildman–Crippen MR) is 127 cm³/mol. The van der Waals surface area contributed by atoms with Gasteiger partial charge in [0, 0.05) is 24.7 Å². The van der Waals surface area contributed by atoms with Gasteiger partial charge >= 0.3 is 0 Å². The van der Waals surface area contributed by atoms with E-state index in [0.29, 0.717) is 28.1 Å². The van der Waals surface area contributed by atoms with Crippen molar-refractivity contribution in [3.63, 3.8) is 0 Å². The molecule has 1 aromatic heterocycles. The molecule has 4 amide bonds. The number of anilines is 2. The smallest absolute Gasteiger partial charge is 0.261 e. The van der Waals surface area contributed by atoms with Crippen LogP contribution in [0.1, 0.15) is 23.5 Å². The molecule has 1 saturated heterocycles. The second kappa shape index (κ2) is 11.4. The van der Waals surface area contributed by atoms with E-state index in [1.807, 2.05) is 0 Å². The highest BCUT2D eigenvalue weighted by Gasteiger charge is 2.25. The quantitative estimate of drug-likeness (QED) is 0.504. The lowest BCUT2D eigenvalue weighted by molar-refractivity contribution is -0.128. The van der Waals surface area contributed by atoms with Crippen LogP contribution in [0, 0.1) is 11.7 Å². The van der Waals surface area contributed by atoms with Crippen molar-refractivity contribution in [2.75, 3.05) is 36.5 Å². The number of rotatable bonds is 8. The minimum absolute atomic E-state index is 0.0826. The Bertz CT molecular complexity index is 1090. The maximum absolute atomic E-state index is 14.7. The number of ether oxygens (including phenoxy) is 1. The topological polar surface area (TPSA) is 117 Å². The average Bonchev–Trinajstić information content (AvgIpc) is 3.24. The van der Waals surface area contributed by atoms with Crippen LogP contribution in [0.4, 0.5) is 15.8 Å². The summed E-state index contributed by atoms with van der Waals surface area (Å²) >= 11 is 6.92. The maximum Gasteiger partial charge on any atom is 0.261 e. The Kier molecular flexibility index (Phi) is 8.59. The standard InChI is InChI=1S/C22H24ClFN4O5S/c1-12(2)20(30)27-16(10-25-22(32)17-5-6-18(23)34-17)21(31)26-15-4-3-13(9-14(15)24)28-7-8-33-11-19(28)29/h3-6,9,12,16H,7-8,10-11H2,1-2H3,(H,25,32)(H,26,31)(H,27,30)/t16-/m0/s1. The van der Waals surface area contributed by atoms with Gasteiger partial charge in [-0.2, -0.15) is 0 Å². The lowest BCUT2D eigenvalue weighted by atomic mass is 10.1. The molecule has 1 atom stereocenters. The zero-order valence-electron chi connectivity index (χ0n) is 18.5. The Labute approximate surface area is 204 Å². The first-order valence-electron chi connectivity index (χ1n) is 10.5. The van der Waals surface area contributed by atoms with Gasteiger partial charge < -0.3 is 25.6 Å². The van der Waals surface area contributed by atoms with Gasteiger partial charge in [-0.3, -0.25) is 19.2 Å². The molecular weight excluding hydrogens is 487 g/mol.